The number of allylic oxidation sites excluding steroid dienone is 1. The normalized spacial score (nSPS) is 14.8. The van der Waals surface area contributed by atoms with E-state index in [1.54, 1.807) is 43.3 Å². The average Bonchev–Trinajstić information content (AvgIpc) is 3.36. The fourth-order valence-corrected chi connectivity index (χ4v) is 4.44. The molecule has 0 unspecified atom stereocenters. The van der Waals surface area contributed by atoms with Crippen molar-refractivity contribution in [2.45, 2.75) is 13.0 Å². The van der Waals surface area contributed by atoms with Crippen LogP contribution in [-0.4, -0.2) is 42.0 Å². The Balaban J connectivity index is 1.50. The number of fused-ring (bicyclic) bond motifs is 1. The van der Waals surface area contributed by atoms with Crippen molar-refractivity contribution in [3.63, 3.8) is 0 Å². The third-order valence-corrected chi connectivity index (χ3v) is 6.41. The summed E-state index contributed by atoms with van der Waals surface area (Å²) in [6.45, 7) is 1.72. The van der Waals surface area contributed by atoms with E-state index in [2.05, 4.69) is 25.9 Å². The van der Waals surface area contributed by atoms with Crippen molar-refractivity contribution in [2.24, 2.45) is 4.99 Å². The van der Waals surface area contributed by atoms with E-state index in [4.69, 9.17) is 36.2 Å². The van der Waals surface area contributed by atoms with Crippen LogP contribution in [0.15, 0.2) is 75.4 Å². The van der Waals surface area contributed by atoms with Crippen LogP contribution in [0, 0.1) is 0 Å². The molecule has 5 rings (SSSR count). The molecule has 0 bridgehead atoms. The van der Waals surface area contributed by atoms with Gasteiger partial charge in [0.05, 0.1) is 31.0 Å². The Morgan fingerprint density at radius 2 is 1.98 bits per heavy atom. The first-order valence-corrected chi connectivity index (χ1v) is 12.3. The Morgan fingerprint density at radius 1 is 1.15 bits per heavy atom. The van der Waals surface area contributed by atoms with Gasteiger partial charge in [0.25, 0.3) is 5.91 Å². The molecule has 0 saturated heterocycles. The second-order valence-electron chi connectivity index (χ2n) is 8.65. The van der Waals surface area contributed by atoms with Crippen molar-refractivity contribution in [1.29, 1.82) is 0 Å². The summed E-state index contributed by atoms with van der Waals surface area (Å²) in [6.07, 6.45) is 1.40. The second kappa shape index (κ2) is 10.9. The number of nitrogens with zero attached hydrogens (tertiary/aromatic N) is 3. The number of benzene rings is 2. The van der Waals surface area contributed by atoms with Crippen LogP contribution in [0.4, 0.5) is 17.5 Å². The number of rotatable bonds is 6. The van der Waals surface area contributed by atoms with E-state index < -0.39 is 17.9 Å². The number of oxazole rings is 1. The van der Waals surface area contributed by atoms with Crippen molar-refractivity contribution in [3.8, 4) is 5.75 Å². The number of halogens is 1. The van der Waals surface area contributed by atoms with E-state index in [1.807, 2.05) is 0 Å². The molecule has 3 heterocycles. The Hall–Kier alpha value is -5.10. The van der Waals surface area contributed by atoms with Crippen molar-refractivity contribution in [3.05, 3.63) is 82.1 Å². The number of aliphatic imine (C=N–C) groups is 1. The summed E-state index contributed by atoms with van der Waals surface area (Å²) < 4.78 is 15.8. The van der Waals surface area contributed by atoms with Gasteiger partial charge >= 0.3 is 12.0 Å². The molecule has 0 spiro atoms. The Kier molecular flexibility index (Phi) is 7.25. The van der Waals surface area contributed by atoms with E-state index in [1.165, 1.54) is 32.5 Å². The zero-order valence-corrected chi connectivity index (χ0v) is 22.4. The first-order valence-electron chi connectivity index (χ1n) is 11.9. The van der Waals surface area contributed by atoms with E-state index in [0.717, 1.165) is 0 Å². The van der Waals surface area contributed by atoms with Crippen LogP contribution in [0.5, 0.6) is 5.75 Å². The van der Waals surface area contributed by atoms with Gasteiger partial charge in [0.15, 0.2) is 5.58 Å². The third kappa shape index (κ3) is 5.24. The Labute approximate surface area is 233 Å². The maximum atomic E-state index is 13.6. The van der Waals surface area contributed by atoms with Gasteiger partial charge in [-0.05, 0) is 43.3 Å². The quantitative estimate of drug-likeness (QED) is 0.197. The van der Waals surface area contributed by atoms with Crippen LogP contribution < -0.4 is 26.4 Å². The minimum Gasteiger partial charge on any atom is -0.497 e. The largest absolute Gasteiger partial charge is 0.497 e. The molecule has 5 N–H and O–H groups in total. The number of amides is 1. The summed E-state index contributed by atoms with van der Waals surface area (Å²) in [5.74, 6) is -0.0955. The van der Waals surface area contributed by atoms with Gasteiger partial charge in [0.1, 0.15) is 23.1 Å². The number of hydrogen-bond acceptors (Lipinski definition) is 11. The number of methoxy groups -OCH3 is 2. The number of aromatic nitrogens is 2. The number of carbonyl (C=O) groups is 2. The number of guanidine groups is 1. The van der Waals surface area contributed by atoms with Crippen LogP contribution in [0.1, 0.15) is 28.9 Å². The molecule has 1 atom stereocenters. The number of carbonyl (C=O) groups excluding carboxylic acids is 2. The lowest BCUT2D eigenvalue weighted by Gasteiger charge is -2.27. The van der Waals surface area contributed by atoms with Crippen LogP contribution >= 0.6 is 11.6 Å². The number of nitrogen functional groups attached to an aromatic ring is 1. The molecule has 0 radical (unpaired) electrons. The monoisotopic (exact) mass is 561 g/mol. The fourth-order valence-electron chi connectivity index (χ4n) is 4.17. The van der Waals surface area contributed by atoms with Gasteiger partial charge in [0, 0.05) is 22.5 Å². The van der Waals surface area contributed by atoms with Crippen molar-refractivity contribution in [1.82, 2.24) is 15.3 Å². The summed E-state index contributed by atoms with van der Waals surface area (Å²) in [7, 11) is 2.80. The van der Waals surface area contributed by atoms with Gasteiger partial charge in [-0.25, -0.2) is 14.8 Å². The second-order valence-corrected chi connectivity index (χ2v) is 9.05. The molecule has 0 aliphatic carbocycles. The highest BCUT2D eigenvalue weighted by atomic mass is 35.5. The fraction of sp³-hybridized carbons (Fsp3) is 0.148. The summed E-state index contributed by atoms with van der Waals surface area (Å²) >= 11 is 6.62. The SMILES string of the molecule is COC(=O)c1ccnc(NC(=O)C2=C(C)NC(Nc3nc4cccc(N)c4o3)=N[C@@H]2c2ccc(OC)cc2Cl)c1. The summed E-state index contributed by atoms with van der Waals surface area (Å²) in [5, 5.41) is 9.17. The highest BCUT2D eigenvalue weighted by molar-refractivity contribution is 6.31. The predicted octanol–water partition coefficient (Wildman–Crippen LogP) is 4.28. The highest BCUT2D eigenvalue weighted by Crippen LogP contribution is 2.37. The standard InChI is InChI=1S/C27H24ClN7O5/c1-13-21(24(36)33-20-11-14(9-10-30-20)25(37)39-3)22(16-8-7-15(38-2)12-17(16)28)34-26(31-13)35-27-32-19-6-4-5-18(29)23(19)40-27/h4-12,22H,29H2,1-3H3,(H,30,33,36)(H2,31,32,34,35)/t22-/m1/s1. The average molecular weight is 562 g/mol. The molecule has 1 aliphatic heterocycles. The molecule has 12 nitrogen and oxygen atoms in total. The topological polar surface area (TPSA) is 166 Å². The molecule has 1 aliphatic rings. The van der Waals surface area contributed by atoms with Gasteiger partial charge in [-0.15, -0.1) is 0 Å². The molecular weight excluding hydrogens is 538 g/mol. The van der Waals surface area contributed by atoms with Crippen LogP contribution in [0.25, 0.3) is 11.1 Å². The molecule has 1 amide bonds. The molecule has 40 heavy (non-hydrogen) atoms. The molecular formula is C27H24ClN7O5. The lowest BCUT2D eigenvalue weighted by Crippen LogP contribution is -2.37. The Morgan fingerprint density at radius 3 is 2.70 bits per heavy atom. The molecule has 0 fully saturated rings. The first kappa shape index (κ1) is 26.5. The molecule has 4 aromatic rings. The maximum absolute atomic E-state index is 13.6. The van der Waals surface area contributed by atoms with Crippen LogP contribution in [0.2, 0.25) is 5.02 Å². The van der Waals surface area contributed by atoms with E-state index in [0.29, 0.717) is 38.8 Å². The first-order chi connectivity index (χ1) is 19.3. The molecule has 2 aromatic carbocycles. The van der Waals surface area contributed by atoms with Gasteiger partial charge in [-0.2, -0.15) is 4.98 Å². The number of nitrogens with two attached hydrogens (primary N) is 1. The minimum atomic E-state index is -0.847. The predicted molar refractivity (Wildman–Crippen MR) is 150 cm³/mol. The summed E-state index contributed by atoms with van der Waals surface area (Å²) in [5.41, 5.74) is 8.98. The molecule has 2 aromatic heterocycles. The lowest BCUT2D eigenvalue weighted by molar-refractivity contribution is -0.113. The number of nitrogens with one attached hydrogen (secondary N) is 3. The zero-order valence-electron chi connectivity index (χ0n) is 21.6. The number of ether oxygens (including phenoxy) is 2. The van der Waals surface area contributed by atoms with Gasteiger partial charge in [0.2, 0.25) is 5.96 Å². The Bertz CT molecular complexity index is 1700. The number of anilines is 3. The molecule has 204 valence electrons. The van der Waals surface area contributed by atoms with Crippen molar-refractivity contribution < 1.29 is 23.5 Å². The smallest absolute Gasteiger partial charge is 0.338 e. The zero-order chi connectivity index (χ0) is 28.4. The minimum absolute atomic E-state index is 0.156. The van der Waals surface area contributed by atoms with E-state index in [9.17, 15) is 9.59 Å². The van der Waals surface area contributed by atoms with Gasteiger partial charge in [-0.1, -0.05) is 23.7 Å². The van der Waals surface area contributed by atoms with Crippen molar-refractivity contribution in [2.75, 3.05) is 30.6 Å². The van der Waals surface area contributed by atoms with Crippen LogP contribution in [-0.2, 0) is 9.53 Å². The summed E-state index contributed by atoms with van der Waals surface area (Å²) in [6, 6.07) is 12.6. The maximum Gasteiger partial charge on any atom is 0.338 e. The lowest BCUT2D eigenvalue weighted by atomic mass is 9.95. The van der Waals surface area contributed by atoms with Crippen molar-refractivity contribution >= 4 is 58.1 Å². The number of esters is 1. The highest BCUT2D eigenvalue weighted by Gasteiger charge is 2.31. The number of pyridine rings is 1. The van der Waals surface area contributed by atoms with Gasteiger partial charge in [-0.3, -0.25) is 10.1 Å². The molecule has 0 saturated carbocycles. The summed E-state index contributed by atoms with van der Waals surface area (Å²) in [4.78, 5) is 38.8. The molecule has 13 heteroatoms. The van der Waals surface area contributed by atoms with E-state index >= 15 is 0 Å². The number of para-hydroxylation sites is 1. The van der Waals surface area contributed by atoms with Gasteiger partial charge < -0.3 is 30.3 Å². The van der Waals surface area contributed by atoms with E-state index in [-0.39, 0.29) is 28.9 Å². The van der Waals surface area contributed by atoms with Crippen LogP contribution in [0.3, 0.4) is 0 Å². The number of hydrogen-bond donors (Lipinski definition) is 4. The third-order valence-electron chi connectivity index (χ3n) is 6.08.